The van der Waals surface area contributed by atoms with Gasteiger partial charge in [0.15, 0.2) is 0 Å². The number of urea groups is 1. The maximum absolute atomic E-state index is 11.8. The van der Waals surface area contributed by atoms with Crippen LogP contribution in [0.1, 0.15) is 19.8 Å². The number of piperidine rings is 1. The molecule has 110 valence electrons. The van der Waals surface area contributed by atoms with Gasteiger partial charge in [0.2, 0.25) is 5.91 Å². The third-order valence-electron chi connectivity index (χ3n) is 3.29. The molecule has 19 heavy (non-hydrogen) atoms. The van der Waals surface area contributed by atoms with Gasteiger partial charge in [-0.05, 0) is 19.8 Å². The summed E-state index contributed by atoms with van der Waals surface area (Å²) in [5.41, 5.74) is 5.22. The molecule has 0 aliphatic carbocycles. The van der Waals surface area contributed by atoms with E-state index in [9.17, 15) is 9.59 Å². The summed E-state index contributed by atoms with van der Waals surface area (Å²) >= 11 is 0. The van der Waals surface area contributed by atoms with Crippen molar-refractivity contribution in [3.8, 4) is 0 Å². The van der Waals surface area contributed by atoms with Gasteiger partial charge >= 0.3 is 6.03 Å². The number of nitrogens with one attached hydrogen (secondary N) is 2. The predicted octanol–water partition coefficient (Wildman–Crippen LogP) is -0.730. The van der Waals surface area contributed by atoms with Crippen LogP contribution in [0, 0.1) is 0 Å². The Morgan fingerprint density at radius 1 is 1.42 bits per heavy atom. The van der Waals surface area contributed by atoms with Crippen LogP contribution in [0.5, 0.6) is 0 Å². The number of carbonyl (C=O) groups is 2. The first-order valence-electron chi connectivity index (χ1n) is 6.61. The molecule has 0 radical (unpaired) electrons. The zero-order valence-corrected chi connectivity index (χ0v) is 11.6. The smallest absolute Gasteiger partial charge is 0.314 e. The highest BCUT2D eigenvalue weighted by Crippen LogP contribution is 2.10. The number of hydrogen-bond acceptors (Lipinski definition) is 4. The number of methoxy groups -OCH3 is 1. The number of nitrogens with two attached hydrogens (primary N) is 1. The van der Waals surface area contributed by atoms with Crippen molar-refractivity contribution >= 4 is 11.9 Å². The maximum atomic E-state index is 11.8. The van der Waals surface area contributed by atoms with Crippen molar-refractivity contribution in [2.75, 3.05) is 33.4 Å². The number of carbonyl (C=O) groups excluding carboxylic acids is 2. The monoisotopic (exact) mass is 272 g/mol. The molecule has 0 saturated carbocycles. The molecule has 1 rings (SSSR count). The van der Waals surface area contributed by atoms with Gasteiger partial charge in [-0.3, -0.25) is 4.79 Å². The Morgan fingerprint density at radius 2 is 2.05 bits per heavy atom. The Labute approximate surface area is 113 Å². The second kappa shape index (κ2) is 7.96. The summed E-state index contributed by atoms with van der Waals surface area (Å²) in [6.45, 7) is 4.15. The molecular weight excluding hydrogens is 248 g/mol. The average molecular weight is 272 g/mol. The second-order valence-corrected chi connectivity index (χ2v) is 4.77. The fourth-order valence-electron chi connectivity index (χ4n) is 2.13. The third-order valence-corrected chi connectivity index (χ3v) is 3.29. The number of primary amides is 1. The lowest BCUT2D eigenvalue weighted by molar-refractivity contribution is -0.123. The first-order chi connectivity index (χ1) is 9.04. The van der Waals surface area contributed by atoms with E-state index in [1.807, 2.05) is 6.92 Å². The molecule has 0 aromatic heterocycles. The van der Waals surface area contributed by atoms with E-state index in [1.54, 1.807) is 12.0 Å². The fourth-order valence-corrected chi connectivity index (χ4v) is 2.13. The van der Waals surface area contributed by atoms with E-state index < -0.39 is 0 Å². The molecule has 3 amide bonds. The summed E-state index contributed by atoms with van der Waals surface area (Å²) in [4.78, 5) is 24.4. The molecule has 1 atom stereocenters. The van der Waals surface area contributed by atoms with Crippen LogP contribution in [0.15, 0.2) is 0 Å². The molecule has 1 fully saturated rings. The SMILES string of the molecule is COCCNC(=O)C(C)NC1CCN(C(N)=O)CC1. The van der Waals surface area contributed by atoms with Gasteiger partial charge in [0.25, 0.3) is 0 Å². The highest BCUT2D eigenvalue weighted by molar-refractivity contribution is 5.81. The summed E-state index contributed by atoms with van der Waals surface area (Å²) in [6, 6.07) is -0.371. The Bertz CT molecular complexity index is 303. The van der Waals surface area contributed by atoms with Crippen LogP contribution in [0.3, 0.4) is 0 Å². The zero-order valence-electron chi connectivity index (χ0n) is 11.6. The van der Waals surface area contributed by atoms with Crippen LogP contribution in [0.25, 0.3) is 0 Å². The molecule has 0 spiro atoms. The number of likely N-dealkylation sites (tertiary alicyclic amines) is 1. The number of rotatable bonds is 6. The van der Waals surface area contributed by atoms with Crippen molar-refractivity contribution in [3.05, 3.63) is 0 Å². The predicted molar refractivity (Wildman–Crippen MR) is 71.7 cm³/mol. The van der Waals surface area contributed by atoms with E-state index in [0.29, 0.717) is 26.2 Å². The minimum atomic E-state index is -0.371. The molecule has 1 aliphatic rings. The average Bonchev–Trinajstić information content (AvgIpc) is 2.39. The van der Waals surface area contributed by atoms with Crippen molar-refractivity contribution in [1.29, 1.82) is 0 Å². The molecule has 1 heterocycles. The molecule has 1 aliphatic heterocycles. The Morgan fingerprint density at radius 3 is 2.58 bits per heavy atom. The summed E-state index contributed by atoms with van der Waals surface area (Å²) in [5.74, 6) is -0.0330. The summed E-state index contributed by atoms with van der Waals surface area (Å²) in [6.07, 6.45) is 1.64. The van der Waals surface area contributed by atoms with Gasteiger partial charge in [-0.15, -0.1) is 0 Å². The van der Waals surface area contributed by atoms with Gasteiger partial charge in [-0.25, -0.2) is 4.79 Å². The molecular formula is C12H24N4O3. The first-order valence-corrected chi connectivity index (χ1v) is 6.61. The molecule has 0 aromatic carbocycles. The zero-order chi connectivity index (χ0) is 14.3. The van der Waals surface area contributed by atoms with Gasteiger partial charge in [-0.1, -0.05) is 0 Å². The van der Waals surface area contributed by atoms with Crippen molar-refractivity contribution in [1.82, 2.24) is 15.5 Å². The largest absolute Gasteiger partial charge is 0.383 e. The van der Waals surface area contributed by atoms with E-state index in [-0.39, 0.29) is 24.0 Å². The van der Waals surface area contributed by atoms with Crippen LogP contribution in [-0.2, 0) is 9.53 Å². The number of hydrogen-bond donors (Lipinski definition) is 3. The van der Waals surface area contributed by atoms with Crippen molar-refractivity contribution in [2.24, 2.45) is 5.73 Å². The normalized spacial score (nSPS) is 18.1. The Hall–Kier alpha value is -1.34. The number of amides is 3. The number of nitrogens with zero attached hydrogens (tertiary/aromatic N) is 1. The Balaban J connectivity index is 2.24. The van der Waals surface area contributed by atoms with E-state index in [2.05, 4.69) is 10.6 Å². The van der Waals surface area contributed by atoms with Gasteiger partial charge in [0.1, 0.15) is 0 Å². The highest BCUT2D eigenvalue weighted by atomic mass is 16.5. The minimum Gasteiger partial charge on any atom is -0.383 e. The Kier molecular flexibility index (Phi) is 6.58. The summed E-state index contributed by atoms with van der Waals surface area (Å²) in [5, 5.41) is 6.06. The van der Waals surface area contributed by atoms with Crippen LogP contribution in [-0.4, -0.2) is 62.3 Å². The molecule has 0 aromatic rings. The fraction of sp³-hybridized carbons (Fsp3) is 0.833. The van der Waals surface area contributed by atoms with Crippen molar-refractivity contribution in [2.45, 2.75) is 31.8 Å². The van der Waals surface area contributed by atoms with E-state index in [4.69, 9.17) is 10.5 Å². The van der Waals surface area contributed by atoms with E-state index >= 15 is 0 Å². The molecule has 0 bridgehead atoms. The van der Waals surface area contributed by atoms with Crippen molar-refractivity contribution in [3.63, 3.8) is 0 Å². The highest BCUT2D eigenvalue weighted by Gasteiger charge is 2.23. The van der Waals surface area contributed by atoms with Crippen LogP contribution in [0.4, 0.5) is 4.79 Å². The van der Waals surface area contributed by atoms with Gasteiger partial charge in [-0.2, -0.15) is 0 Å². The van der Waals surface area contributed by atoms with E-state index in [1.165, 1.54) is 0 Å². The molecule has 1 saturated heterocycles. The lowest BCUT2D eigenvalue weighted by atomic mass is 10.0. The number of ether oxygens (including phenoxy) is 1. The topological polar surface area (TPSA) is 96.7 Å². The summed E-state index contributed by atoms with van der Waals surface area (Å²) < 4.78 is 4.87. The van der Waals surface area contributed by atoms with Crippen LogP contribution in [0.2, 0.25) is 0 Å². The van der Waals surface area contributed by atoms with Gasteiger partial charge in [0.05, 0.1) is 12.6 Å². The van der Waals surface area contributed by atoms with E-state index in [0.717, 1.165) is 12.8 Å². The van der Waals surface area contributed by atoms with Crippen LogP contribution >= 0.6 is 0 Å². The first kappa shape index (κ1) is 15.7. The third kappa shape index (κ3) is 5.44. The quantitative estimate of drug-likeness (QED) is 0.555. The molecule has 7 heteroatoms. The molecule has 1 unspecified atom stereocenters. The second-order valence-electron chi connectivity index (χ2n) is 4.77. The molecule has 4 N–H and O–H groups in total. The lowest BCUT2D eigenvalue weighted by Crippen LogP contribution is -2.52. The standard InChI is InChI=1S/C12H24N4O3/c1-9(11(17)14-5-8-19-2)15-10-3-6-16(7-4-10)12(13)18/h9-10,15H,3-8H2,1-2H3,(H2,13,18)(H,14,17). The molecule has 7 nitrogen and oxygen atoms in total. The van der Waals surface area contributed by atoms with Crippen molar-refractivity contribution < 1.29 is 14.3 Å². The maximum Gasteiger partial charge on any atom is 0.314 e. The van der Waals surface area contributed by atoms with Gasteiger partial charge in [0, 0.05) is 32.8 Å². The lowest BCUT2D eigenvalue weighted by Gasteiger charge is -2.32. The van der Waals surface area contributed by atoms with Gasteiger partial charge < -0.3 is 26.0 Å². The minimum absolute atomic E-state index is 0.0330. The summed E-state index contributed by atoms with van der Waals surface area (Å²) in [7, 11) is 1.60. The van der Waals surface area contributed by atoms with Crippen LogP contribution < -0.4 is 16.4 Å².